The number of hydrogen-bond acceptors (Lipinski definition) is 5. The van der Waals surface area contributed by atoms with Crippen LogP contribution in [0, 0.1) is 10.1 Å². The molecular formula is C30H29ClN4O2. The molecule has 0 aliphatic rings. The topological polar surface area (TPSA) is 52.9 Å². The molecule has 0 bridgehead atoms. The predicted octanol–water partition coefficient (Wildman–Crippen LogP) is 8.02. The average molecular weight is 513 g/mol. The standard InChI is InChI=1S/C30H29ClN4O2/c1-32(2)24-12-16-27(17-13-24)34(28-18-14-25(15-19-28)33(3)4)26-10-7-22(8-11-26)5-6-23-9-20-29(31)30(21-23)35(36)37/h5-21H,1-4H3. The Bertz CT molecular complexity index is 1350. The zero-order valence-corrected chi connectivity index (χ0v) is 22.1. The van der Waals surface area contributed by atoms with E-state index in [1.807, 2.05) is 52.5 Å². The normalized spacial score (nSPS) is 10.9. The van der Waals surface area contributed by atoms with Gasteiger partial charge in [-0.15, -0.1) is 0 Å². The Morgan fingerprint density at radius 1 is 0.622 bits per heavy atom. The second kappa shape index (κ2) is 11.2. The van der Waals surface area contributed by atoms with Gasteiger partial charge < -0.3 is 14.7 Å². The van der Waals surface area contributed by atoms with Gasteiger partial charge in [0.2, 0.25) is 0 Å². The number of nitro benzene ring substituents is 1. The van der Waals surface area contributed by atoms with Crippen molar-refractivity contribution in [2.75, 3.05) is 42.9 Å². The lowest BCUT2D eigenvalue weighted by atomic mass is 10.1. The van der Waals surface area contributed by atoms with Crippen molar-refractivity contribution in [2.45, 2.75) is 0 Å². The summed E-state index contributed by atoms with van der Waals surface area (Å²) in [6.07, 6.45) is 3.77. The molecule has 0 heterocycles. The van der Waals surface area contributed by atoms with Gasteiger partial charge in [-0.2, -0.15) is 0 Å². The van der Waals surface area contributed by atoms with Crippen molar-refractivity contribution in [3.05, 3.63) is 117 Å². The summed E-state index contributed by atoms with van der Waals surface area (Å²) in [6.45, 7) is 0. The molecule has 0 amide bonds. The van der Waals surface area contributed by atoms with Crippen LogP contribution in [-0.2, 0) is 0 Å². The van der Waals surface area contributed by atoms with Gasteiger partial charge in [-0.05, 0) is 77.9 Å². The minimum absolute atomic E-state index is 0.102. The molecule has 0 fully saturated rings. The summed E-state index contributed by atoms with van der Waals surface area (Å²) in [4.78, 5) is 17.1. The van der Waals surface area contributed by atoms with Gasteiger partial charge in [0.25, 0.3) is 5.69 Å². The fourth-order valence-corrected chi connectivity index (χ4v) is 4.13. The first-order valence-corrected chi connectivity index (χ1v) is 12.2. The van der Waals surface area contributed by atoms with Crippen LogP contribution < -0.4 is 14.7 Å². The first-order valence-electron chi connectivity index (χ1n) is 11.8. The van der Waals surface area contributed by atoms with Gasteiger partial charge in [-0.1, -0.05) is 42.0 Å². The van der Waals surface area contributed by atoms with Crippen molar-refractivity contribution in [1.82, 2.24) is 0 Å². The SMILES string of the molecule is CN(C)c1ccc(N(c2ccc(C=Cc3ccc(Cl)c([N+](=O)[O-])c3)cc2)c2ccc(N(C)C)cc2)cc1. The third-order valence-corrected chi connectivity index (χ3v) is 6.35. The van der Waals surface area contributed by atoms with Gasteiger partial charge in [-0.3, -0.25) is 10.1 Å². The summed E-state index contributed by atoms with van der Waals surface area (Å²) < 4.78 is 0. The zero-order valence-electron chi connectivity index (χ0n) is 21.3. The molecule has 0 radical (unpaired) electrons. The number of anilines is 5. The average Bonchev–Trinajstić information content (AvgIpc) is 2.89. The van der Waals surface area contributed by atoms with Gasteiger partial charge in [0, 0.05) is 62.7 Å². The molecule has 0 saturated heterocycles. The van der Waals surface area contributed by atoms with E-state index in [1.165, 1.54) is 6.07 Å². The fourth-order valence-electron chi connectivity index (χ4n) is 3.95. The van der Waals surface area contributed by atoms with E-state index in [-0.39, 0.29) is 10.7 Å². The van der Waals surface area contributed by atoms with Crippen LogP contribution in [0.25, 0.3) is 12.2 Å². The van der Waals surface area contributed by atoms with Crippen molar-refractivity contribution in [3.8, 4) is 0 Å². The smallest absolute Gasteiger partial charge is 0.288 e. The summed E-state index contributed by atoms with van der Waals surface area (Å²) in [5.41, 5.74) is 6.99. The van der Waals surface area contributed by atoms with Gasteiger partial charge in [0.05, 0.1) is 4.92 Å². The summed E-state index contributed by atoms with van der Waals surface area (Å²) >= 11 is 5.93. The molecule has 188 valence electrons. The first-order chi connectivity index (χ1) is 17.7. The Morgan fingerprint density at radius 3 is 1.43 bits per heavy atom. The molecule has 4 aromatic rings. The second-order valence-corrected chi connectivity index (χ2v) is 9.46. The van der Waals surface area contributed by atoms with Crippen LogP contribution in [0.4, 0.5) is 34.1 Å². The molecule has 0 saturated carbocycles. The highest BCUT2D eigenvalue weighted by molar-refractivity contribution is 6.32. The van der Waals surface area contributed by atoms with Crippen molar-refractivity contribution in [2.24, 2.45) is 0 Å². The lowest BCUT2D eigenvalue weighted by Gasteiger charge is -2.27. The molecule has 0 spiro atoms. The van der Waals surface area contributed by atoms with Crippen LogP contribution >= 0.6 is 11.6 Å². The molecule has 37 heavy (non-hydrogen) atoms. The zero-order chi connectivity index (χ0) is 26.5. The number of nitrogens with zero attached hydrogens (tertiary/aromatic N) is 4. The largest absolute Gasteiger partial charge is 0.378 e. The van der Waals surface area contributed by atoms with Gasteiger partial charge >= 0.3 is 0 Å². The van der Waals surface area contributed by atoms with Crippen molar-refractivity contribution < 1.29 is 4.92 Å². The number of hydrogen-bond donors (Lipinski definition) is 0. The minimum atomic E-state index is -0.473. The van der Waals surface area contributed by atoms with Gasteiger partial charge in [-0.25, -0.2) is 0 Å². The number of benzene rings is 4. The number of nitro groups is 1. The summed E-state index contributed by atoms with van der Waals surface area (Å²) in [5.74, 6) is 0. The minimum Gasteiger partial charge on any atom is -0.378 e. The molecule has 4 rings (SSSR count). The van der Waals surface area contributed by atoms with E-state index in [0.29, 0.717) is 5.56 Å². The van der Waals surface area contributed by atoms with E-state index in [4.69, 9.17) is 11.6 Å². The van der Waals surface area contributed by atoms with Crippen molar-refractivity contribution in [3.63, 3.8) is 0 Å². The Kier molecular flexibility index (Phi) is 7.80. The lowest BCUT2D eigenvalue weighted by molar-refractivity contribution is -0.384. The van der Waals surface area contributed by atoms with Crippen LogP contribution in [0.3, 0.4) is 0 Å². The highest BCUT2D eigenvalue weighted by atomic mass is 35.5. The molecule has 0 aliphatic carbocycles. The highest BCUT2D eigenvalue weighted by Gasteiger charge is 2.14. The van der Waals surface area contributed by atoms with Crippen molar-refractivity contribution in [1.29, 1.82) is 0 Å². The lowest BCUT2D eigenvalue weighted by Crippen LogP contribution is -2.12. The van der Waals surface area contributed by atoms with E-state index in [0.717, 1.165) is 34.0 Å². The van der Waals surface area contributed by atoms with Crippen LogP contribution in [-0.4, -0.2) is 33.1 Å². The number of halogens is 1. The Labute approximate surface area is 222 Å². The van der Waals surface area contributed by atoms with E-state index in [1.54, 1.807) is 12.1 Å². The molecule has 0 aliphatic heterocycles. The molecule has 0 aromatic heterocycles. The maximum absolute atomic E-state index is 11.2. The first kappa shape index (κ1) is 25.8. The fraction of sp³-hybridized carbons (Fsp3) is 0.133. The molecule has 4 aromatic carbocycles. The maximum atomic E-state index is 11.2. The van der Waals surface area contributed by atoms with Crippen LogP contribution in [0.1, 0.15) is 11.1 Å². The van der Waals surface area contributed by atoms with Crippen LogP contribution in [0.2, 0.25) is 5.02 Å². The van der Waals surface area contributed by atoms with E-state index < -0.39 is 4.92 Å². The Hall–Kier alpha value is -4.29. The summed E-state index contributed by atoms with van der Waals surface area (Å²) in [6, 6.07) is 29.9. The molecular weight excluding hydrogens is 484 g/mol. The van der Waals surface area contributed by atoms with Gasteiger partial charge in [0.1, 0.15) is 5.02 Å². The van der Waals surface area contributed by atoms with E-state index >= 15 is 0 Å². The predicted molar refractivity (Wildman–Crippen MR) is 157 cm³/mol. The molecule has 6 nitrogen and oxygen atoms in total. The van der Waals surface area contributed by atoms with Crippen LogP contribution in [0.5, 0.6) is 0 Å². The third-order valence-electron chi connectivity index (χ3n) is 6.04. The Balaban J connectivity index is 1.65. The highest BCUT2D eigenvalue weighted by Crippen LogP contribution is 2.36. The quantitative estimate of drug-likeness (QED) is 0.136. The van der Waals surface area contributed by atoms with E-state index in [9.17, 15) is 10.1 Å². The maximum Gasteiger partial charge on any atom is 0.288 e. The molecule has 0 unspecified atom stereocenters. The van der Waals surface area contributed by atoms with Gasteiger partial charge in [0.15, 0.2) is 0 Å². The number of rotatable bonds is 8. The monoisotopic (exact) mass is 512 g/mol. The van der Waals surface area contributed by atoms with Crippen molar-refractivity contribution >= 4 is 57.9 Å². The summed E-state index contributed by atoms with van der Waals surface area (Å²) in [5, 5.41) is 11.3. The van der Waals surface area contributed by atoms with Crippen LogP contribution in [0.15, 0.2) is 91.0 Å². The third kappa shape index (κ3) is 6.11. The van der Waals surface area contributed by atoms with E-state index in [2.05, 4.69) is 75.4 Å². The molecule has 0 N–H and O–H groups in total. The summed E-state index contributed by atoms with van der Waals surface area (Å²) in [7, 11) is 8.12. The molecule has 0 atom stereocenters. The molecule has 7 heteroatoms. The Morgan fingerprint density at radius 2 is 1.00 bits per heavy atom. The second-order valence-electron chi connectivity index (χ2n) is 9.05.